The summed E-state index contributed by atoms with van der Waals surface area (Å²) in [6, 6.07) is 1.60. The highest BCUT2D eigenvalue weighted by atomic mass is 15.0. The minimum atomic E-state index is 0.767. The van der Waals surface area contributed by atoms with Crippen LogP contribution < -0.4 is 5.32 Å². The number of hydrogen-bond acceptors (Lipinski definition) is 1. The van der Waals surface area contributed by atoms with Gasteiger partial charge in [0, 0.05) is 12.1 Å². The summed E-state index contributed by atoms with van der Waals surface area (Å²) in [6.45, 7) is 2.45. The molecule has 19 heavy (non-hydrogen) atoms. The van der Waals surface area contributed by atoms with E-state index >= 15 is 0 Å². The molecule has 110 valence electrons. The third-order valence-electron chi connectivity index (χ3n) is 6.57. The lowest BCUT2D eigenvalue weighted by atomic mass is 9.71. The maximum atomic E-state index is 3.99. The van der Waals surface area contributed by atoms with Gasteiger partial charge in [-0.05, 0) is 69.6 Å². The van der Waals surface area contributed by atoms with E-state index in [1.165, 1.54) is 83.5 Å². The summed E-state index contributed by atoms with van der Waals surface area (Å²) >= 11 is 0. The molecular formula is C18H33N. The summed E-state index contributed by atoms with van der Waals surface area (Å²) in [6.07, 6.45) is 19.4. The van der Waals surface area contributed by atoms with Crippen molar-refractivity contribution < 1.29 is 0 Å². The lowest BCUT2D eigenvalue weighted by molar-refractivity contribution is 0.152. The van der Waals surface area contributed by atoms with Crippen LogP contribution in [0, 0.1) is 11.3 Å². The van der Waals surface area contributed by atoms with Crippen LogP contribution >= 0.6 is 0 Å². The predicted molar refractivity (Wildman–Crippen MR) is 82.3 cm³/mol. The fraction of sp³-hybridized carbons (Fsp3) is 1.00. The van der Waals surface area contributed by atoms with Crippen molar-refractivity contribution in [3.8, 4) is 0 Å². The Morgan fingerprint density at radius 2 is 1.42 bits per heavy atom. The molecule has 0 radical (unpaired) electrons. The molecule has 3 fully saturated rings. The van der Waals surface area contributed by atoms with Crippen LogP contribution in [0.4, 0.5) is 0 Å². The molecular weight excluding hydrogens is 230 g/mol. The van der Waals surface area contributed by atoms with Crippen molar-refractivity contribution in [1.82, 2.24) is 5.32 Å². The third-order valence-corrected chi connectivity index (χ3v) is 6.57. The van der Waals surface area contributed by atoms with Gasteiger partial charge >= 0.3 is 0 Å². The average Bonchev–Trinajstić information content (AvgIpc) is 2.91. The Balaban J connectivity index is 1.43. The summed E-state index contributed by atoms with van der Waals surface area (Å²) in [4.78, 5) is 0. The Morgan fingerprint density at radius 1 is 0.789 bits per heavy atom. The van der Waals surface area contributed by atoms with Crippen LogP contribution in [0.1, 0.15) is 90.4 Å². The van der Waals surface area contributed by atoms with E-state index in [0.717, 1.165) is 23.4 Å². The molecule has 0 amide bonds. The molecule has 3 rings (SSSR count). The van der Waals surface area contributed by atoms with Gasteiger partial charge in [-0.15, -0.1) is 0 Å². The molecule has 0 heterocycles. The lowest BCUT2D eigenvalue weighted by Crippen LogP contribution is -2.44. The fourth-order valence-corrected chi connectivity index (χ4v) is 5.16. The van der Waals surface area contributed by atoms with Crippen LogP contribution in [0.2, 0.25) is 0 Å². The van der Waals surface area contributed by atoms with Gasteiger partial charge in [0.25, 0.3) is 0 Å². The largest absolute Gasteiger partial charge is 0.311 e. The average molecular weight is 263 g/mol. The Morgan fingerprint density at radius 3 is 2.05 bits per heavy atom. The summed E-state index contributed by atoms with van der Waals surface area (Å²) < 4.78 is 0. The Hall–Kier alpha value is -0.0400. The molecule has 0 unspecified atom stereocenters. The van der Waals surface area contributed by atoms with Crippen molar-refractivity contribution in [3.63, 3.8) is 0 Å². The maximum Gasteiger partial charge on any atom is 0.00700 e. The van der Waals surface area contributed by atoms with Gasteiger partial charge in [-0.1, -0.05) is 32.1 Å². The molecule has 0 aliphatic heterocycles. The van der Waals surface area contributed by atoms with Crippen molar-refractivity contribution in [2.24, 2.45) is 11.3 Å². The van der Waals surface area contributed by atoms with Crippen LogP contribution in [0.5, 0.6) is 0 Å². The molecule has 3 aliphatic rings. The van der Waals surface area contributed by atoms with Gasteiger partial charge in [0.05, 0.1) is 0 Å². The zero-order valence-electron chi connectivity index (χ0n) is 12.9. The smallest absolute Gasteiger partial charge is 0.00700 e. The molecule has 0 aromatic heterocycles. The summed E-state index contributed by atoms with van der Waals surface area (Å²) in [5, 5.41) is 3.99. The molecule has 1 atom stereocenters. The van der Waals surface area contributed by atoms with Gasteiger partial charge in [0.15, 0.2) is 0 Å². The number of hydrogen-bond donors (Lipinski definition) is 1. The normalized spacial score (nSPS) is 30.8. The molecule has 0 aromatic carbocycles. The molecule has 1 nitrogen and oxygen atoms in total. The quantitative estimate of drug-likeness (QED) is 0.751. The Kier molecular flexibility index (Phi) is 4.51. The summed E-state index contributed by atoms with van der Waals surface area (Å²) in [5.74, 6) is 0.969. The first-order valence-electron chi connectivity index (χ1n) is 9.04. The van der Waals surface area contributed by atoms with Crippen LogP contribution in [-0.2, 0) is 0 Å². The van der Waals surface area contributed by atoms with E-state index in [2.05, 4.69) is 12.2 Å². The second kappa shape index (κ2) is 6.16. The van der Waals surface area contributed by atoms with Crippen LogP contribution in [-0.4, -0.2) is 12.1 Å². The van der Waals surface area contributed by atoms with E-state index in [9.17, 15) is 0 Å². The molecule has 1 heteroatoms. The number of nitrogens with one attached hydrogen (secondary N) is 1. The highest BCUT2D eigenvalue weighted by Gasteiger charge is 2.37. The molecule has 1 N–H and O–H groups in total. The lowest BCUT2D eigenvalue weighted by Gasteiger charge is -2.40. The molecule has 0 bridgehead atoms. The van der Waals surface area contributed by atoms with Crippen LogP contribution in [0.15, 0.2) is 0 Å². The van der Waals surface area contributed by atoms with E-state index < -0.39 is 0 Å². The standard InChI is InChI=1S/C18H33N/c1-15(16-7-3-2-4-8-16)19-17-9-13-18(14-10-17)11-5-6-12-18/h15-17,19H,2-14H2,1H3/t15-/m1/s1. The topological polar surface area (TPSA) is 12.0 Å². The van der Waals surface area contributed by atoms with Gasteiger partial charge in [-0.25, -0.2) is 0 Å². The van der Waals surface area contributed by atoms with Gasteiger partial charge in [0.2, 0.25) is 0 Å². The maximum absolute atomic E-state index is 3.99. The highest BCUT2D eigenvalue weighted by Crippen LogP contribution is 2.49. The first-order chi connectivity index (χ1) is 9.27. The minimum Gasteiger partial charge on any atom is -0.311 e. The SMILES string of the molecule is C[C@@H](NC1CCC2(CCCC2)CC1)C1CCCCC1. The Bertz CT molecular complexity index is 263. The molecule has 0 aromatic rings. The van der Waals surface area contributed by atoms with Crippen LogP contribution in [0.25, 0.3) is 0 Å². The molecule has 1 spiro atoms. The second-order valence-corrected chi connectivity index (χ2v) is 7.83. The second-order valence-electron chi connectivity index (χ2n) is 7.83. The number of rotatable bonds is 3. The molecule has 3 aliphatic carbocycles. The van der Waals surface area contributed by atoms with E-state index in [1.54, 1.807) is 0 Å². The third kappa shape index (κ3) is 3.35. The van der Waals surface area contributed by atoms with Crippen molar-refractivity contribution >= 4 is 0 Å². The van der Waals surface area contributed by atoms with Gasteiger partial charge in [-0.2, -0.15) is 0 Å². The first-order valence-corrected chi connectivity index (χ1v) is 9.04. The first kappa shape index (κ1) is 13.9. The zero-order valence-corrected chi connectivity index (χ0v) is 12.9. The van der Waals surface area contributed by atoms with Crippen molar-refractivity contribution in [1.29, 1.82) is 0 Å². The van der Waals surface area contributed by atoms with E-state index in [0.29, 0.717) is 0 Å². The van der Waals surface area contributed by atoms with Gasteiger partial charge in [-0.3, -0.25) is 0 Å². The molecule has 0 saturated heterocycles. The van der Waals surface area contributed by atoms with E-state index in [1.807, 2.05) is 0 Å². The minimum absolute atomic E-state index is 0.767. The fourth-order valence-electron chi connectivity index (χ4n) is 5.16. The highest BCUT2D eigenvalue weighted by molar-refractivity contribution is 4.92. The van der Waals surface area contributed by atoms with Crippen LogP contribution in [0.3, 0.4) is 0 Å². The zero-order chi connectivity index (χ0) is 13.1. The van der Waals surface area contributed by atoms with Crippen molar-refractivity contribution in [3.05, 3.63) is 0 Å². The summed E-state index contributed by atoms with van der Waals surface area (Å²) in [7, 11) is 0. The summed E-state index contributed by atoms with van der Waals surface area (Å²) in [5.41, 5.74) is 0.798. The van der Waals surface area contributed by atoms with Crippen molar-refractivity contribution in [2.75, 3.05) is 0 Å². The molecule has 3 saturated carbocycles. The van der Waals surface area contributed by atoms with Gasteiger partial charge in [0.1, 0.15) is 0 Å². The van der Waals surface area contributed by atoms with E-state index in [-0.39, 0.29) is 0 Å². The van der Waals surface area contributed by atoms with Gasteiger partial charge < -0.3 is 5.32 Å². The van der Waals surface area contributed by atoms with Crippen molar-refractivity contribution in [2.45, 2.75) is 102 Å². The Labute approximate surface area is 119 Å². The predicted octanol–water partition coefficient (Wildman–Crippen LogP) is 5.05. The monoisotopic (exact) mass is 263 g/mol. The van der Waals surface area contributed by atoms with E-state index in [4.69, 9.17) is 0 Å².